The molecule has 0 spiro atoms. The summed E-state index contributed by atoms with van der Waals surface area (Å²) in [5, 5.41) is 0. The van der Waals surface area contributed by atoms with Gasteiger partial charge < -0.3 is 10.5 Å². The molecule has 0 saturated carbocycles. The molecule has 2 aromatic rings. The molecule has 1 atom stereocenters. The first-order valence-electron chi connectivity index (χ1n) is 6.42. The minimum absolute atomic E-state index is 0.0751. The Bertz CT molecular complexity index is 507. The number of nitrogens with two attached hydrogens (primary N) is 1. The largest absolute Gasteiger partial charge is 0.489 e. The number of hydrogen-bond donors (Lipinski definition) is 1. The zero-order valence-electron chi connectivity index (χ0n) is 11.0. The van der Waals surface area contributed by atoms with Gasteiger partial charge in [-0.05, 0) is 41.8 Å². The van der Waals surface area contributed by atoms with Crippen LogP contribution in [0.4, 0.5) is 4.39 Å². The van der Waals surface area contributed by atoms with E-state index in [-0.39, 0.29) is 11.9 Å². The number of ether oxygens (including phenoxy) is 1. The molecule has 2 aromatic carbocycles. The third-order valence-electron chi connectivity index (χ3n) is 3.07. The lowest BCUT2D eigenvalue weighted by Crippen LogP contribution is -2.08. The first-order valence-corrected chi connectivity index (χ1v) is 6.42. The fraction of sp³-hybridized carbons (Fsp3) is 0.250. The molecule has 2 rings (SSSR count). The molecule has 0 fully saturated rings. The first-order chi connectivity index (χ1) is 9.19. The van der Waals surface area contributed by atoms with E-state index in [0.29, 0.717) is 6.61 Å². The zero-order valence-corrected chi connectivity index (χ0v) is 11.0. The second kappa shape index (κ2) is 6.34. The standard InChI is InChI=1S/C16H18FNO/c1-2-16(18)13-5-9-15(10-6-13)19-11-12-3-7-14(17)8-4-12/h3-10,16H,2,11,18H2,1H3/t16-/m0/s1. The van der Waals surface area contributed by atoms with Gasteiger partial charge in [0.15, 0.2) is 0 Å². The van der Waals surface area contributed by atoms with Crippen molar-refractivity contribution in [2.45, 2.75) is 26.0 Å². The van der Waals surface area contributed by atoms with Gasteiger partial charge in [0, 0.05) is 6.04 Å². The van der Waals surface area contributed by atoms with Crippen LogP contribution in [0.1, 0.15) is 30.5 Å². The molecule has 0 aromatic heterocycles. The molecule has 19 heavy (non-hydrogen) atoms. The minimum atomic E-state index is -0.235. The monoisotopic (exact) mass is 259 g/mol. The van der Waals surface area contributed by atoms with E-state index in [1.165, 1.54) is 12.1 Å². The summed E-state index contributed by atoms with van der Waals surface area (Å²) in [5.74, 6) is 0.554. The van der Waals surface area contributed by atoms with Crippen LogP contribution < -0.4 is 10.5 Å². The zero-order chi connectivity index (χ0) is 13.7. The predicted octanol–water partition coefficient (Wildman–Crippen LogP) is 3.81. The van der Waals surface area contributed by atoms with Crippen molar-refractivity contribution in [1.82, 2.24) is 0 Å². The van der Waals surface area contributed by atoms with Gasteiger partial charge in [0.1, 0.15) is 18.2 Å². The highest BCUT2D eigenvalue weighted by molar-refractivity contribution is 5.29. The van der Waals surface area contributed by atoms with E-state index >= 15 is 0 Å². The molecular weight excluding hydrogens is 241 g/mol. The van der Waals surface area contributed by atoms with Crippen LogP contribution in [0.15, 0.2) is 48.5 Å². The van der Waals surface area contributed by atoms with Crippen LogP contribution in [0.5, 0.6) is 5.75 Å². The highest BCUT2D eigenvalue weighted by atomic mass is 19.1. The van der Waals surface area contributed by atoms with Crippen molar-refractivity contribution < 1.29 is 9.13 Å². The van der Waals surface area contributed by atoms with E-state index < -0.39 is 0 Å². The molecule has 2 nitrogen and oxygen atoms in total. The summed E-state index contributed by atoms with van der Waals surface area (Å²) in [5.41, 5.74) is 8.00. The van der Waals surface area contributed by atoms with Crippen molar-refractivity contribution in [3.8, 4) is 5.75 Å². The maximum atomic E-state index is 12.8. The molecule has 0 saturated heterocycles. The van der Waals surface area contributed by atoms with Crippen molar-refractivity contribution in [2.75, 3.05) is 0 Å². The van der Waals surface area contributed by atoms with Gasteiger partial charge in [-0.3, -0.25) is 0 Å². The van der Waals surface area contributed by atoms with Gasteiger partial charge in [-0.1, -0.05) is 31.2 Å². The van der Waals surface area contributed by atoms with E-state index in [9.17, 15) is 4.39 Å². The van der Waals surface area contributed by atoms with Gasteiger partial charge in [0.2, 0.25) is 0 Å². The van der Waals surface area contributed by atoms with E-state index in [4.69, 9.17) is 10.5 Å². The van der Waals surface area contributed by atoms with Gasteiger partial charge >= 0.3 is 0 Å². The summed E-state index contributed by atoms with van der Waals surface area (Å²) in [7, 11) is 0. The molecule has 0 amide bonds. The summed E-state index contributed by atoms with van der Waals surface area (Å²) < 4.78 is 18.4. The van der Waals surface area contributed by atoms with Gasteiger partial charge in [0.05, 0.1) is 0 Å². The van der Waals surface area contributed by atoms with E-state index in [2.05, 4.69) is 6.92 Å². The summed E-state index contributed by atoms with van der Waals surface area (Å²) in [6.45, 7) is 2.49. The Hall–Kier alpha value is -1.87. The predicted molar refractivity (Wildman–Crippen MR) is 74.4 cm³/mol. The molecule has 0 unspecified atom stereocenters. The van der Waals surface area contributed by atoms with Gasteiger partial charge in [-0.2, -0.15) is 0 Å². The number of benzene rings is 2. The quantitative estimate of drug-likeness (QED) is 0.886. The summed E-state index contributed by atoms with van der Waals surface area (Å²) in [4.78, 5) is 0. The highest BCUT2D eigenvalue weighted by Gasteiger charge is 2.03. The van der Waals surface area contributed by atoms with Crippen molar-refractivity contribution in [2.24, 2.45) is 5.73 Å². The van der Waals surface area contributed by atoms with Crippen LogP contribution in [0.3, 0.4) is 0 Å². The molecule has 0 aliphatic carbocycles. The van der Waals surface area contributed by atoms with Crippen LogP contribution in [-0.4, -0.2) is 0 Å². The molecule has 0 aliphatic rings. The third kappa shape index (κ3) is 3.80. The van der Waals surface area contributed by atoms with Gasteiger partial charge in [0.25, 0.3) is 0 Å². The molecule has 100 valence electrons. The Labute approximate surface area is 113 Å². The minimum Gasteiger partial charge on any atom is -0.489 e. The molecular formula is C16H18FNO. The van der Waals surface area contributed by atoms with Crippen LogP contribution in [0.2, 0.25) is 0 Å². The number of rotatable bonds is 5. The third-order valence-corrected chi connectivity index (χ3v) is 3.07. The first kappa shape index (κ1) is 13.6. The lowest BCUT2D eigenvalue weighted by Gasteiger charge is -2.11. The number of hydrogen-bond acceptors (Lipinski definition) is 2. The molecule has 0 aliphatic heterocycles. The topological polar surface area (TPSA) is 35.2 Å². The summed E-state index contributed by atoms with van der Waals surface area (Å²) >= 11 is 0. The van der Waals surface area contributed by atoms with Gasteiger partial charge in [-0.25, -0.2) is 4.39 Å². The maximum absolute atomic E-state index is 12.8. The fourth-order valence-corrected chi connectivity index (χ4v) is 1.79. The van der Waals surface area contributed by atoms with E-state index in [1.807, 2.05) is 24.3 Å². The molecule has 0 bridgehead atoms. The maximum Gasteiger partial charge on any atom is 0.123 e. The normalized spacial score (nSPS) is 12.2. The Morgan fingerprint density at radius 3 is 2.26 bits per heavy atom. The Morgan fingerprint density at radius 1 is 1.05 bits per heavy atom. The average molecular weight is 259 g/mol. The van der Waals surface area contributed by atoms with Crippen molar-refractivity contribution in [3.63, 3.8) is 0 Å². The van der Waals surface area contributed by atoms with E-state index in [1.54, 1.807) is 12.1 Å². The Balaban J connectivity index is 1.94. The smallest absolute Gasteiger partial charge is 0.123 e. The SMILES string of the molecule is CC[C@H](N)c1ccc(OCc2ccc(F)cc2)cc1. The molecule has 3 heteroatoms. The summed E-state index contributed by atoms with van der Waals surface area (Å²) in [6, 6.07) is 14.2. The number of halogens is 1. The van der Waals surface area contributed by atoms with Crippen LogP contribution in [0.25, 0.3) is 0 Å². The Morgan fingerprint density at radius 2 is 1.68 bits per heavy atom. The van der Waals surface area contributed by atoms with Crippen LogP contribution in [-0.2, 0) is 6.61 Å². The average Bonchev–Trinajstić information content (AvgIpc) is 2.46. The van der Waals surface area contributed by atoms with Crippen LogP contribution >= 0.6 is 0 Å². The van der Waals surface area contributed by atoms with E-state index in [0.717, 1.165) is 23.3 Å². The lowest BCUT2D eigenvalue weighted by atomic mass is 10.1. The van der Waals surface area contributed by atoms with Crippen molar-refractivity contribution >= 4 is 0 Å². The second-order valence-electron chi connectivity index (χ2n) is 4.50. The lowest BCUT2D eigenvalue weighted by molar-refractivity contribution is 0.306. The van der Waals surface area contributed by atoms with Crippen molar-refractivity contribution in [3.05, 3.63) is 65.5 Å². The van der Waals surface area contributed by atoms with Gasteiger partial charge in [-0.15, -0.1) is 0 Å². The molecule has 0 radical (unpaired) electrons. The molecule has 0 heterocycles. The summed E-state index contributed by atoms with van der Waals surface area (Å²) in [6.07, 6.45) is 0.912. The highest BCUT2D eigenvalue weighted by Crippen LogP contribution is 2.19. The molecule has 2 N–H and O–H groups in total. The second-order valence-corrected chi connectivity index (χ2v) is 4.50. The van der Waals surface area contributed by atoms with Crippen LogP contribution in [0, 0.1) is 5.82 Å². The van der Waals surface area contributed by atoms with Crippen molar-refractivity contribution in [1.29, 1.82) is 0 Å². The Kier molecular flexibility index (Phi) is 4.53. The fourth-order valence-electron chi connectivity index (χ4n) is 1.79.